The molecule has 0 aliphatic carbocycles. The van der Waals surface area contributed by atoms with Gasteiger partial charge in [0, 0.05) is 22.5 Å². The molecule has 1 aliphatic rings. The number of hydrogen-bond acceptors (Lipinski definition) is 2. The standard InChI is InChI=1S/C31H28ClN5O/c1-3-22-11-7-8-16-27(22)33-31(38)36-20-26-21(2)34-37(25-14-5-4-6-15-25)30(26)35-18-10-17-28(35)29(36)23-12-9-13-24(32)19-23/h4-19,29H,3,20H2,1-2H3,(H,33,38). The number of aryl methyl sites for hydroxylation is 2. The smallest absolute Gasteiger partial charge is 0.308 e. The van der Waals surface area contributed by atoms with E-state index in [-0.39, 0.29) is 12.1 Å². The van der Waals surface area contributed by atoms with Crippen LogP contribution in [0, 0.1) is 6.92 Å². The third-order valence-corrected chi connectivity index (χ3v) is 7.39. The summed E-state index contributed by atoms with van der Waals surface area (Å²) in [4.78, 5) is 16.0. The maximum absolute atomic E-state index is 14.1. The summed E-state index contributed by atoms with van der Waals surface area (Å²) in [5, 5.41) is 8.75. The molecule has 0 saturated heterocycles. The third-order valence-electron chi connectivity index (χ3n) is 7.15. The maximum atomic E-state index is 14.1. The van der Waals surface area contributed by atoms with E-state index < -0.39 is 0 Å². The van der Waals surface area contributed by atoms with Gasteiger partial charge in [-0.15, -0.1) is 0 Å². The molecular formula is C31H28ClN5O. The summed E-state index contributed by atoms with van der Waals surface area (Å²) in [6, 6.07) is 29.3. The van der Waals surface area contributed by atoms with Crippen LogP contribution in [0.5, 0.6) is 0 Å². The Labute approximate surface area is 227 Å². The zero-order valence-corrected chi connectivity index (χ0v) is 22.1. The van der Waals surface area contributed by atoms with Gasteiger partial charge in [0.15, 0.2) is 0 Å². The van der Waals surface area contributed by atoms with Gasteiger partial charge in [0.1, 0.15) is 5.82 Å². The van der Waals surface area contributed by atoms with Crippen LogP contribution in [0.15, 0.2) is 97.2 Å². The molecule has 7 heteroatoms. The van der Waals surface area contributed by atoms with Crippen molar-refractivity contribution in [3.63, 3.8) is 0 Å². The molecule has 1 aliphatic heterocycles. The van der Waals surface area contributed by atoms with E-state index in [9.17, 15) is 4.79 Å². The van der Waals surface area contributed by atoms with Gasteiger partial charge in [-0.3, -0.25) is 0 Å². The number of fused-ring (bicyclic) bond motifs is 3. The molecule has 3 aromatic carbocycles. The average Bonchev–Trinajstić information content (AvgIpc) is 3.49. The van der Waals surface area contributed by atoms with Crippen LogP contribution in [-0.4, -0.2) is 25.3 Å². The van der Waals surface area contributed by atoms with E-state index in [1.807, 2.05) is 108 Å². The minimum Gasteiger partial charge on any atom is -0.308 e. The van der Waals surface area contributed by atoms with E-state index in [4.69, 9.17) is 16.7 Å². The van der Waals surface area contributed by atoms with Crippen molar-refractivity contribution >= 4 is 23.3 Å². The normalized spacial score (nSPS) is 14.5. The second kappa shape index (κ2) is 9.88. The second-order valence-electron chi connectivity index (χ2n) is 9.46. The molecule has 2 aromatic heterocycles. The molecule has 0 bridgehead atoms. The SMILES string of the molecule is CCc1ccccc1NC(=O)N1Cc2c(C)nn(-c3ccccc3)c2-n2cccc2C1c1cccc(Cl)c1. The highest BCUT2D eigenvalue weighted by molar-refractivity contribution is 6.30. The lowest BCUT2D eigenvalue weighted by Crippen LogP contribution is -2.38. The van der Waals surface area contributed by atoms with E-state index in [2.05, 4.69) is 22.9 Å². The molecule has 5 aromatic rings. The van der Waals surface area contributed by atoms with Gasteiger partial charge in [0.2, 0.25) is 0 Å². The molecule has 0 radical (unpaired) electrons. The number of rotatable bonds is 4. The predicted molar refractivity (Wildman–Crippen MR) is 151 cm³/mol. The number of anilines is 1. The van der Waals surface area contributed by atoms with Gasteiger partial charge in [0.05, 0.1) is 29.7 Å². The number of carbonyl (C=O) groups is 1. The first-order valence-corrected chi connectivity index (χ1v) is 13.2. The Kier molecular flexibility index (Phi) is 6.26. The number of nitrogens with one attached hydrogen (secondary N) is 1. The zero-order chi connectivity index (χ0) is 26.2. The van der Waals surface area contributed by atoms with Gasteiger partial charge in [-0.1, -0.05) is 67.1 Å². The predicted octanol–water partition coefficient (Wildman–Crippen LogP) is 7.32. The van der Waals surface area contributed by atoms with Crippen LogP contribution in [0.1, 0.15) is 41.0 Å². The Hall–Kier alpha value is -4.29. The summed E-state index contributed by atoms with van der Waals surface area (Å²) in [7, 11) is 0. The van der Waals surface area contributed by atoms with Gasteiger partial charge >= 0.3 is 6.03 Å². The van der Waals surface area contributed by atoms with Crippen molar-refractivity contribution in [1.82, 2.24) is 19.2 Å². The number of urea groups is 1. The minimum absolute atomic E-state index is 0.177. The third kappa shape index (κ3) is 4.17. The highest BCUT2D eigenvalue weighted by Gasteiger charge is 2.36. The fourth-order valence-electron chi connectivity index (χ4n) is 5.31. The summed E-state index contributed by atoms with van der Waals surface area (Å²) in [6.45, 7) is 4.48. The van der Waals surface area contributed by atoms with Gasteiger partial charge in [0.25, 0.3) is 0 Å². The number of benzene rings is 3. The molecule has 3 heterocycles. The first kappa shape index (κ1) is 24.1. The Morgan fingerprint density at radius 2 is 1.79 bits per heavy atom. The number of para-hydroxylation sites is 2. The molecule has 0 fully saturated rings. The van der Waals surface area contributed by atoms with Crippen molar-refractivity contribution in [2.45, 2.75) is 32.9 Å². The molecule has 190 valence electrons. The average molecular weight is 522 g/mol. The molecule has 1 atom stereocenters. The zero-order valence-electron chi connectivity index (χ0n) is 21.3. The van der Waals surface area contributed by atoms with Gasteiger partial charge < -0.3 is 14.8 Å². The van der Waals surface area contributed by atoms with Crippen LogP contribution in [-0.2, 0) is 13.0 Å². The molecule has 6 rings (SSSR count). The lowest BCUT2D eigenvalue weighted by Gasteiger charge is -2.31. The van der Waals surface area contributed by atoms with E-state index >= 15 is 0 Å². The van der Waals surface area contributed by atoms with Gasteiger partial charge in [-0.25, -0.2) is 9.48 Å². The minimum atomic E-state index is -0.367. The van der Waals surface area contributed by atoms with Gasteiger partial charge in [-0.05, 0) is 66.9 Å². The van der Waals surface area contributed by atoms with Crippen LogP contribution in [0.2, 0.25) is 5.02 Å². The highest BCUT2D eigenvalue weighted by Crippen LogP contribution is 2.39. The first-order chi connectivity index (χ1) is 18.5. The van der Waals surface area contributed by atoms with Crippen molar-refractivity contribution < 1.29 is 4.79 Å². The monoisotopic (exact) mass is 521 g/mol. The summed E-state index contributed by atoms with van der Waals surface area (Å²) in [5.41, 5.74) is 6.65. The fourth-order valence-corrected chi connectivity index (χ4v) is 5.51. The largest absolute Gasteiger partial charge is 0.322 e. The quantitative estimate of drug-likeness (QED) is 0.269. The summed E-state index contributed by atoms with van der Waals surface area (Å²) >= 11 is 6.46. The number of carbonyl (C=O) groups excluding carboxylic acids is 1. The molecule has 38 heavy (non-hydrogen) atoms. The topological polar surface area (TPSA) is 55.1 Å². The first-order valence-electron chi connectivity index (χ1n) is 12.8. The van der Waals surface area contributed by atoms with Crippen LogP contribution in [0.3, 0.4) is 0 Å². The van der Waals surface area contributed by atoms with Crippen LogP contribution < -0.4 is 5.32 Å². The van der Waals surface area contributed by atoms with E-state index in [0.717, 1.165) is 51.7 Å². The van der Waals surface area contributed by atoms with Crippen LogP contribution >= 0.6 is 11.6 Å². The summed E-state index contributed by atoms with van der Waals surface area (Å²) in [6.07, 6.45) is 2.87. The maximum Gasteiger partial charge on any atom is 0.322 e. The molecule has 0 spiro atoms. The van der Waals surface area contributed by atoms with E-state index in [1.165, 1.54) is 0 Å². The van der Waals surface area contributed by atoms with Crippen molar-refractivity contribution in [1.29, 1.82) is 0 Å². The highest BCUT2D eigenvalue weighted by atomic mass is 35.5. The number of hydrogen-bond donors (Lipinski definition) is 1. The second-order valence-corrected chi connectivity index (χ2v) is 9.90. The van der Waals surface area contributed by atoms with Crippen LogP contribution in [0.4, 0.5) is 10.5 Å². The van der Waals surface area contributed by atoms with Crippen LogP contribution in [0.25, 0.3) is 11.5 Å². The van der Waals surface area contributed by atoms with Crippen molar-refractivity contribution in [3.05, 3.63) is 130 Å². The van der Waals surface area contributed by atoms with E-state index in [0.29, 0.717) is 11.6 Å². The lowest BCUT2D eigenvalue weighted by atomic mass is 10.0. The number of aromatic nitrogens is 3. The number of halogens is 1. The van der Waals surface area contributed by atoms with Crippen molar-refractivity contribution in [2.24, 2.45) is 0 Å². The van der Waals surface area contributed by atoms with Gasteiger partial charge in [-0.2, -0.15) is 5.10 Å². The molecule has 1 N–H and O–H groups in total. The fraction of sp³-hybridized carbons (Fsp3) is 0.161. The van der Waals surface area contributed by atoms with Crippen molar-refractivity contribution in [3.8, 4) is 11.5 Å². The summed E-state index contributed by atoms with van der Waals surface area (Å²) in [5.74, 6) is 0.935. The number of nitrogens with zero attached hydrogens (tertiary/aromatic N) is 4. The Balaban J connectivity index is 1.54. The molecule has 0 saturated carbocycles. The van der Waals surface area contributed by atoms with E-state index in [1.54, 1.807) is 0 Å². The molecular weight excluding hydrogens is 494 g/mol. The van der Waals surface area contributed by atoms with Crippen molar-refractivity contribution in [2.75, 3.05) is 5.32 Å². The Morgan fingerprint density at radius 3 is 2.58 bits per heavy atom. The Bertz CT molecular complexity index is 1620. The summed E-state index contributed by atoms with van der Waals surface area (Å²) < 4.78 is 4.12. The molecule has 1 unspecified atom stereocenters. The Morgan fingerprint density at radius 1 is 1.00 bits per heavy atom. The molecule has 6 nitrogen and oxygen atoms in total. The molecule has 2 amide bonds. The number of amides is 2. The lowest BCUT2D eigenvalue weighted by molar-refractivity contribution is 0.194.